The molecule has 4 nitrogen and oxygen atoms in total. The molecule has 0 aliphatic heterocycles. The van der Waals surface area contributed by atoms with E-state index in [2.05, 4.69) is 31.0 Å². The minimum absolute atomic E-state index is 0.226. The van der Waals surface area contributed by atoms with Crippen molar-refractivity contribution in [3.8, 4) is 0 Å². The molecule has 1 aromatic rings. The molecule has 0 amide bonds. The monoisotopic (exact) mass is 477 g/mol. The van der Waals surface area contributed by atoms with E-state index in [0.717, 1.165) is 12.8 Å². The number of halogens is 2. The van der Waals surface area contributed by atoms with Crippen molar-refractivity contribution in [1.29, 1.82) is 0 Å². The molecule has 1 unspecified atom stereocenters. The summed E-state index contributed by atoms with van der Waals surface area (Å²) in [5, 5.41) is 0. The van der Waals surface area contributed by atoms with Gasteiger partial charge in [-0.2, -0.15) is 0 Å². The second-order valence-electron chi connectivity index (χ2n) is 4.17. The van der Waals surface area contributed by atoms with Crippen LogP contribution in [0.1, 0.15) is 18.9 Å². The predicted octanol–water partition coefficient (Wildman–Crippen LogP) is 1.56. The van der Waals surface area contributed by atoms with Crippen LogP contribution in [0.3, 0.4) is 0 Å². The van der Waals surface area contributed by atoms with Gasteiger partial charge in [-0.05, 0) is 25.3 Å². The van der Waals surface area contributed by atoms with Gasteiger partial charge < -0.3 is 11.5 Å². The molecule has 1 rings (SSSR count). The third kappa shape index (κ3) is 12.8. The molecular formula is C11H20Cl2N2O2Pt. The third-order valence-electron chi connectivity index (χ3n) is 2.29. The first-order valence-corrected chi connectivity index (χ1v) is 12.9. The van der Waals surface area contributed by atoms with Gasteiger partial charge in [0.2, 0.25) is 0 Å². The molecule has 0 heterocycles. The van der Waals surface area contributed by atoms with Gasteiger partial charge in [-0.15, -0.1) is 0 Å². The van der Waals surface area contributed by atoms with Crippen LogP contribution >= 0.6 is 18.8 Å². The van der Waals surface area contributed by atoms with Crippen LogP contribution in [0.15, 0.2) is 30.3 Å². The number of hydrogen-bond donors (Lipinski definition) is 4. The van der Waals surface area contributed by atoms with Crippen molar-refractivity contribution < 1.29 is 22.3 Å². The van der Waals surface area contributed by atoms with Crippen molar-refractivity contribution in [2.45, 2.75) is 25.3 Å². The van der Waals surface area contributed by atoms with E-state index in [-0.39, 0.29) is 5.54 Å². The first-order chi connectivity index (χ1) is 8.14. The molecule has 7 heteroatoms. The number of hydrogen-bond acceptors (Lipinski definition) is 4. The number of nitrogens with two attached hydrogens (primary N) is 2. The van der Waals surface area contributed by atoms with Gasteiger partial charge >= 0.3 is 41.1 Å². The summed E-state index contributed by atoms with van der Waals surface area (Å²) in [5.74, 6) is 0. The van der Waals surface area contributed by atoms with Crippen LogP contribution in [0, 0.1) is 0 Å². The molecule has 6 N–H and O–H groups in total. The standard InChI is InChI=1S/C11H18N2.2ClH.2H2O.Pt/c1-11(13,9-12)8-7-10-5-3-2-4-6-10;;;;;/h2-6H,7-9,12-13H2,1H3;2*1H;2*1H2;/q;;;;;+4/p-4. The van der Waals surface area contributed by atoms with Crippen LogP contribution < -0.4 is 11.5 Å². The molecule has 0 saturated heterocycles. The Kier molecular flexibility index (Phi) is 8.64. The molecule has 0 spiro atoms. The maximum absolute atomic E-state index is 7.79. The summed E-state index contributed by atoms with van der Waals surface area (Å²) in [6.45, 7) is 2.54. The molecule has 0 aliphatic rings. The Balaban J connectivity index is 0.000000494. The Labute approximate surface area is 120 Å². The summed E-state index contributed by atoms with van der Waals surface area (Å²) in [5.41, 5.74) is 12.6. The predicted molar refractivity (Wildman–Crippen MR) is 72.6 cm³/mol. The Morgan fingerprint density at radius 2 is 1.67 bits per heavy atom. The van der Waals surface area contributed by atoms with E-state index in [1.165, 1.54) is 5.56 Å². The fourth-order valence-electron chi connectivity index (χ4n) is 1.18. The number of benzene rings is 1. The Bertz CT molecular complexity index is 326. The normalized spacial score (nSPS) is 15.3. The molecule has 0 fully saturated rings. The second kappa shape index (κ2) is 8.49. The molecule has 1 aromatic carbocycles. The molecular weight excluding hydrogens is 458 g/mol. The number of rotatable bonds is 4. The van der Waals surface area contributed by atoms with E-state index >= 15 is 0 Å². The summed E-state index contributed by atoms with van der Waals surface area (Å²) in [6, 6.07) is 10.4. The summed E-state index contributed by atoms with van der Waals surface area (Å²) in [7, 11) is 9.17. The SMILES string of the molecule is CC(N)(CN)CCc1ccccc1.[OH][Pt]([OH])([Cl])[Cl]. The van der Waals surface area contributed by atoms with Gasteiger partial charge in [0.1, 0.15) is 0 Å². The van der Waals surface area contributed by atoms with Gasteiger partial charge in [-0.25, -0.2) is 0 Å². The van der Waals surface area contributed by atoms with Crippen molar-refractivity contribution >= 4 is 18.8 Å². The van der Waals surface area contributed by atoms with Gasteiger partial charge in [0, 0.05) is 12.1 Å². The summed E-state index contributed by atoms with van der Waals surface area (Å²) >= 11 is -4.00. The van der Waals surface area contributed by atoms with Crippen LogP contribution in [0.2, 0.25) is 0 Å². The van der Waals surface area contributed by atoms with Gasteiger partial charge in [-0.3, -0.25) is 0 Å². The van der Waals surface area contributed by atoms with Crippen LogP contribution in [0.25, 0.3) is 0 Å². The first-order valence-electron chi connectivity index (χ1n) is 5.19. The average Bonchev–Trinajstić information content (AvgIpc) is 2.26. The van der Waals surface area contributed by atoms with Gasteiger partial charge in [-0.1, -0.05) is 30.3 Å². The zero-order valence-electron chi connectivity index (χ0n) is 10.1. The fraction of sp³-hybridized carbons (Fsp3) is 0.455. The molecule has 110 valence electrons. The Morgan fingerprint density at radius 3 is 2.06 bits per heavy atom. The van der Waals surface area contributed by atoms with E-state index in [1.54, 1.807) is 0 Å². The van der Waals surface area contributed by atoms with Crippen LogP contribution in [0.4, 0.5) is 0 Å². The van der Waals surface area contributed by atoms with Crippen molar-refractivity contribution in [3.05, 3.63) is 35.9 Å². The van der Waals surface area contributed by atoms with Gasteiger partial charge in [0.25, 0.3) is 0 Å². The fourth-order valence-corrected chi connectivity index (χ4v) is 1.18. The van der Waals surface area contributed by atoms with Gasteiger partial charge in [0.05, 0.1) is 0 Å². The van der Waals surface area contributed by atoms with Crippen molar-refractivity contribution in [3.63, 3.8) is 0 Å². The zero-order valence-corrected chi connectivity index (χ0v) is 13.9. The van der Waals surface area contributed by atoms with Crippen molar-refractivity contribution in [2.75, 3.05) is 6.54 Å². The van der Waals surface area contributed by atoms with Crippen LogP contribution in [-0.4, -0.2) is 19.6 Å². The molecule has 0 radical (unpaired) electrons. The Morgan fingerprint density at radius 1 is 1.22 bits per heavy atom. The van der Waals surface area contributed by atoms with Crippen molar-refractivity contribution in [2.24, 2.45) is 11.5 Å². The van der Waals surface area contributed by atoms with Crippen LogP contribution in [-0.2, 0) is 21.2 Å². The molecule has 0 bridgehead atoms. The average molecular weight is 478 g/mol. The van der Waals surface area contributed by atoms with Gasteiger partial charge in [0.15, 0.2) is 0 Å². The molecule has 0 saturated carbocycles. The van der Waals surface area contributed by atoms with E-state index in [9.17, 15) is 0 Å². The van der Waals surface area contributed by atoms with E-state index < -0.39 is 14.7 Å². The quantitative estimate of drug-likeness (QED) is 0.529. The van der Waals surface area contributed by atoms with Crippen molar-refractivity contribution in [1.82, 2.24) is 0 Å². The maximum atomic E-state index is 7.79. The number of aryl methyl sites for hydroxylation is 1. The Hall–Kier alpha value is 0.328. The topological polar surface area (TPSA) is 92.5 Å². The molecule has 1 atom stereocenters. The van der Waals surface area contributed by atoms with E-state index in [4.69, 9.17) is 19.0 Å². The summed E-state index contributed by atoms with van der Waals surface area (Å²) in [6.07, 6.45) is 1.94. The summed E-state index contributed by atoms with van der Waals surface area (Å²) in [4.78, 5) is 0. The van der Waals surface area contributed by atoms with Crippen LogP contribution in [0.5, 0.6) is 0 Å². The second-order valence-corrected chi connectivity index (χ2v) is 12.9. The zero-order chi connectivity index (χ0) is 14.2. The molecule has 18 heavy (non-hydrogen) atoms. The summed E-state index contributed by atoms with van der Waals surface area (Å²) < 4.78 is 15.6. The van der Waals surface area contributed by atoms with E-state index in [1.807, 2.05) is 25.1 Å². The molecule has 0 aromatic heterocycles. The molecule has 0 aliphatic carbocycles. The minimum atomic E-state index is -4.00. The third-order valence-corrected chi connectivity index (χ3v) is 2.29. The van der Waals surface area contributed by atoms with E-state index in [0.29, 0.717) is 6.54 Å². The first kappa shape index (κ1) is 18.3.